The molecule has 0 saturated carbocycles. The van der Waals surface area contributed by atoms with Gasteiger partial charge in [0.25, 0.3) is 0 Å². The normalized spacial score (nSPS) is 14.9. The second-order valence-electron chi connectivity index (χ2n) is 4.14. The van der Waals surface area contributed by atoms with E-state index in [1.165, 1.54) is 0 Å². The number of aromatic nitrogens is 1. The van der Waals surface area contributed by atoms with Gasteiger partial charge in [-0.25, -0.2) is 4.98 Å². The third kappa shape index (κ3) is 4.45. The van der Waals surface area contributed by atoms with E-state index in [0.717, 1.165) is 16.7 Å². The van der Waals surface area contributed by atoms with Gasteiger partial charge in [0.15, 0.2) is 5.69 Å². The molecular weight excluding hydrogens is 293 g/mol. The van der Waals surface area contributed by atoms with Crippen molar-refractivity contribution < 1.29 is 22.7 Å². The molecule has 1 rings (SSSR count). The van der Waals surface area contributed by atoms with E-state index >= 15 is 0 Å². The molecule has 0 aliphatic heterocycles. The van der Waals surface area contributed by atoms with Crippen molar-refractivity contribution in [2.45, 2.75) is 45.5 Å². The Morgan fingerprint density at radius 2 is 2.15 bits per heavy atom. The second kappa shape index (κ2) is 7.03. The van der Waals surface area contributed by atoms with E-state index < -0.39 is 24.0 Å². The highest BCUT2D eigenvalue weighted by molar-refractivity contribution is 7.09. The number of nitrogens with zero attached hydrogens (tertiary/aromatic N) is 1. The SMILES string of the molecule is CCOC(C)C(=O)NC(CC)c1nc(C(F)(F)F)cs1. The zero-order valence-electron chi connectivity index (χ0n) is 11.5. The van der Waals surface area contributed by atoms with Crippen LogP contribution in [0.1, 0.15) is 43.9 Å². The Morgan fingerprint density at radius 3 is 2.60 bits per heavy atom. The highest BCUT2D eigenvalue weighted by atomic mass is 32.1. The Kier molecular flexibility index (Phi) is 5.94. The molecule has 1 aromatic heterocycles. The molecule has 0 aliphatic carbocycles. The van der Waals surface area contributed by atoms with Crippen molar-refractivity contribution in [3.05, 3.63) is 16.1 Å². The van der Waals surface area contributed by atoms with Gasteiger partial charge in [0.05, 0.1) is 6.04 Å². The van der Waals surface area contributed by atoms with E-state index in [0.29, 0.717) is 13.0 Å². The average Bonchev–Trinajstić information content (AvgIpc) is 2.85. The Hall–Kier alpha value is -1.15. The van der Waals surface area contributed by atoms with Crippen molar-refractivity contribution in [2.75, 3.05) is 6.61 Å². The standard InChI is InChI=1S/C12H17F3N2O2S/c1-4-8(16-10(18)7(3)19-5-2)11-17-9(6-20-11)12(13,14)15/h6-8H,4-5H2,1-3H3,(H,16,18). The summed E-state index contributed by atoms with van der Waals surface area (Å²) in [6.45, 7) is 5.51. The molecule has 2 atom stereocenters. The first-order valence-corrected chi connectivity index (χ1v) is 7.12. The summed E-state index contributed by atoms with van der Waals surface area (Å²) < 4.78 is 42.6. The summed E-state index contributed by atoms with van der Waals surface area (Å²) in [6, 6.07) is -0.536. The van der Waals surface area contributed by atoms with Gasteiger partial charge in [0, 0.05) is 12.0 Å². The van der Waals surface area contributed by atoms with Crippen molar-refractivity contribution >= 4 is 17.2 Å². The van der Waals surface area contributed by atoms with Crippen LogP contribution in [0.2, 0.25) is 0 Å². The van der Waals surface area contributed by atoms with E-state index in [-0.39, 0.29) is 10.9 Å². The van der Waals surface area contributed by atoms with Crippen LogP contribution >= 0.6 is 11.3 Å². The van der Waals surface area contributed by atoms with Gasteiger partial charge in [-0.3, -0.25) is 4.79 Å². The van der Waals surface area contributed by atoms with Gasteiger partial charge in [-0.2, -0.15) is 13.2 Å². The maximum absolute atomic E-state index is 12.5. The lowest BCUT2D eigenvalue weighted by Gasteiger charge is -2.18. The monoisotopic (exact) mass is 310 g/mol. The predicted molar refractivity (Wildman–Crippen MR) is 69.4 cm³/mol. The molecule has 1 heterocycles. The van der Waals surface area contributed by atoms with Crippen LogP contribution in [0.4, 0.5) is 13.2 Å². The quantitative estimate of drug-likeness (QED) is 0.878. The van der Waals surface area contributed by atoms with Crippen LogP contribution in [0.5, 0.6) is 0 Å². The number of rotatable bonds is 6. The molecule has 0 fully saturated rings. The minimum Gasteiger partial charge on any atom is -0.369 e. The largest absolute Gasteiger partial charge is 0.434 e. The summed E-state index contributed by atoms with van der Waals surface area (Å²) >= 11 is 0.890. The fourth-order valence-electron chi connectivity index (χ4n) is 1.53. The third-order valence-corrected chi connectivity index (χ3v) is 3.58. The fourth-order valence-corrected chi connectivity index (χ4v) is 2.49. The molecule has 0 aliphatic rings. The molecule has 8 heteroatoms. The summed E-state index contributed by atoms with van der Waals surface area (Å²) in [6.07, 6.45) is -4.65. The highest BCUT2D eigenvalue weighted by Gasteiger charge is 2.34. The van der Waals surface area contributed by atoms with Crippen LogP contribution in [-0.2, 0) is 15.7 Å². The highest BCUT2D eigenvalue weighted by Crippen LogP contribution is 2.32. The molecule has 0 aromatic carbocycles. The number of halogens is 3. The molecule has 0 radical (unpaired) electrons. The number of ether oxygens (including phenoxy) is 1. The van der Waals surface area contributed by atoms with E-state index in [9.17, 15) is 18.0 Å². The van der Waals surface area contributed by atoms with Crippen LogP contribution in [0.25, 0.3) is 0 Å². The van der Waals surface area contributed by atoms with E-state index in [1.54, 1.807) is 20.8 Å². The Bertz CT molecular complexity index is 448. The lowest BCUT2D eigenvalue weighted by Crippen LogP contribution is -2.37. The Labute approximate surface area is 119 Å². The maximum Gasteiger partial charge on any atom is 0.434 e. The molecule has 20 heavy (non-hydrogen) atoms. The molecule has 0 spiro atoms. The summed E-state index contributed by atoms with van der Waals surface area (Å²) in [5.74, 6) is -0.359. The molecule has 0 saturated heterocycles. The molecular formula is C12H17F3N2O2S. The minimum absolute atomic E-state index is 0.247. The van der Waals surface area contributed by atoms with Crippen LogP contribution in [0.3, 0.4) is 0 Å². The van der Waals surface area contributed by atoms with Crippen molar-refractivity contribution in [2.24, 2.45) is 0 Å². The van der Waals surface area contributed by atoms with Gasteiger partial charge in [0.1, 0.15) is 11.1 Å². The lowest BCUT2D eigenvalue weighted by atomic mass is 10.2. The molecule has 1 N–H and O–H groups in total. The molecule has 4 nitrogen and oxygen atoms in total. The van der Waals surface area contributed by atoms with E-state index in [1.807, 2.05) is 0 Å². The first-order valence-electron chi connectivity index (χ1n) is 6.24. The maximum atomic E-state index is 12.5. The van der Waals surface area contributed by atoms with Crippen LogP contribution in [0.15, 0.2) is 5.38 Å². The molecule has 114 valence electrons. The minimum atomic E-state index is -4.46. The number of thiazole rings is 1. The molecule has 1 amide bonds. The summed E-state index contributed by atoms with van der Waals surface area (Å²) in [7, 11) is 0. The number of alkyl halides is 3. The number of amides is 1. The number of carbonyl (C=O) groups is 1. The molecule has 2 unspecified atom stereocenters. The third-order valence-electron chi connectivity index (χ3n) is 2.62. The first-order chi connectivity index (χ1) is 9.29. The summed E-state index contributed by atoms with van der Waals surface area (Å²) in [5, 5.41) is 3.85. The molecule has 1 aromatic rings. The van der Waals surface area contributed by atoms with Gasteiger partial charge in [-0.05, 0) is 20.3 Å². The number of hydrogen-bond acceptors (Lipinski definition) is 4. The van der Waals surface area contributed by atoms with Crippen LogP contribution < -0.4 is 5.32 Å². The topological polar surface area (TPSA) is 51.2 Å². The van der Waals surface area contributed by atoms with Gasteiger partial charge < -0.3 is 10.1 Å². The van der Waals surface area contributed by atoms with Gasteiger partial charge in [-0.15, -0.1) is 11.3 Å². The lowest BCUT2D eigenvalue weighted by molar-refractivity contribution is -0.140. The first kappa shape index (κ1) is 16.9. The number of hydrogen-bond donors (Lipinski definition) is 1. The zero-order valence-corrected chi connectivity index (χ0v) is 12.3. The van der Waals surface area contributed by atoms with Crippen molar-refractivity contribution in [3.63, 3.8) is 0 Å². The predicted octanol–water partition coefficient (Wildman–Crippen LogP) is 3.15. The van der Waals surface area contributed by atoms with Gasteiger partial charge >= 0.3 is 6.18 Å². The van der Waals surface area contributed by atoms with E-state index in [4.69, 9.17) is 4.74 Å². The smallest absolute Gasteiger partial charge is 0.369 e. The second-order valence-corrected chi connectivity index (χ2v) is 5.03. The fraction of sp³-hybridized carbons (Fsp3) is 0.667. The van der Waals surface area contributed by atoms with Gasteiger partial charge in [0.2, 0.25) is 5.91 Å². The summed E-state index contributed by atoms with van der Waals surface area (Å²) in [4.78, 5) is 15.3. The van der Waals surface area contributed by atoms with Crippen molar-refractivity contribution in [1.29, 1.82) is 0 Å². The number of carbonyl (C=O) groups excluding carboxylic acids is 1. The Balaban J connectivity index is 2.76. The molecule has 0 bridgehead atoms. The van der Waals surface area contributed by atoms with Crippen molar-refractivity contribution in [1.82, 2.24) is 10.3 Å². The Morgan fingerprint density at radius 1 is 1.50 bits per heavy atom. The zero-order chi connectivity index (χ0) is 15.3. The van der Waals surface area contributed by atoms with Gasteiger partial charge in [-0.1, -0.05) is 6.92 Å². The van der Waals surface area contributed by atoms with Crippen molar-refractivity contribution in [3.8, 4) is 0 Å². The van der Waals surface area contributed by atoms with Crippen LogP contribution in [-0.4, -0.2) is 23.6 Å². The number of nitrogens with one attached hydrogen (secondary N) is 1. The van der Waals surface area contributed by atoms with E-state index in [2.05, 4.69) is 10.3 Å². The average molecular weight is 310 g/mol. The summed E-state index contributed by atoms with van der Waals surface area (Å²) in [5.41, 5.74) is -0.928. The van der Waals surface area contributed by atoms with Crippen LogP contribution in [0, 0.1) is 0 Å².